The van der Waals surface area contributed by atoms with E-state index < -0.39 is 11.7 Å². The van der Waals surface area contributed by atoms with E-state index in [0.29, 0.717) is 5.69 Å². The molecule has 2 heterocycles. The summed E-state index contributed by atoms with van der Waals surface area (Å²) < 4.78 is 10.8. The van der Waals surface area contributed by atoms with Crippen molar-refractivity contribution in [3.8, 4) is 17.6 Å². The Morgan fingerprint density at radius 1 is 1.14 bits per heavy atom. The predicted molar refractivity (Wildman–Crippen MR) is 137 cm³/mol. The molecule has 2 aromatic heterocycles. The van der Waals surface area contributed by atoms with E-state index in [4.69, 9.17) is 9.47 Å². The Hall–Kier alpha value is -4.40. The van der Waals surface area contributed by atoms with Crippen LogP contribution in [-0.4, -0.2) is 55.8 Å². The van der Waals surface area contributed by atoms with Crippen molar-refractivity contribution in [1.29, 1.82) is 5.26 Å². The van der Waals surface area contributed by atoms with E-state index in [2.05, 4.69) is 42.2 Å². The smallest absolute Gasteiger partial charge is 0.407 e. The Bertz CT molecular complexity index is 1270. The van der Waals surface area contributed by atoms with Crippen molar-refractivity contribution in [2.24, 2.45) is 0 Å². The average molecular weight is 506 g/mol. The number of carbonyl (C=O) groups is 1. The van der Waals surface area contributed by atoms with Gasteiger partial charge in [-0.05, 0) is 51.8 Å². The summed E-state index contributed by atoms with van der Waals surface area (Å²) in [5.74, 6) is 0.709. The highest BCUT2D eigenvalue weighted by molar-refractivity contribution is 5.69. The first-order chi connectivity index (χ1) is 17.8. The van der Waals surface area contributed by atoms with E-state index in [1.165, 1.54) is 11.9 Å². The number of aromatic nitrogens is 5. The van der Waals surface area contributed by atoms with Crippen LogP contribution in [-0.2, 0) is 4.74 Å². The number of nitrogens with zero attached hydrogens (tertiary/aromatic N) is 6. The van der Waals surface area contributed by atoms with E-state index in [-0.39, 0.29) is 35.3 Å². The maximum absolute atomic E-state index is 12.4. The summed E-state index contributed by atoms with van der Waals surface area (Å²) in [7, 11) is 1.45. The lowest BCUT2D eigenvalue weighted by Gasteiger charge is -2.33. The standard InChI is InChI=1S/C25H31N9O3/c1-25(2,3)37-24(35)31-20-11-6-5-10-19(20)30-23-32-21(18(15-26)22(33-23)36-4)29-16-8-7-9-17(14-16)34-27-12-13-28-34/h7-9,12-14,19-20H,5-6,10-11H2,1-4H3,(H,31,35)(H2,29,30,32,33)/t19-,20+/m1/s1. The second-order valence-corrected chi connectivity index (χ2v) is 9.67. The summed E-state index contributed by atoms with van der Waals surface area (Å²) in [5, 5.41) is 27.6. The minimum Gasteiger partial charge on any atom is -0.480 e. The molecule has 0 unspecified atom stereocenters. The van der Waals surface area contributed by atoms with Crippen molar-refractivity contribution in [1.82, 2.24) is 30.3 Å². The van der Waals surface area contributed by atoms with Crippen molar-refractivity contribution >= 4 is 23.5 Å². The second kappa shape index (κ2) is 11.1. The molecule has 37 heavy (non-hydrogen) atoms. The van der Waals surface area contributed by atoms with Crippen LogP contribution in [0.15, 0.2) is 36.7 Å². The third-order valence-electron chi connectivity index (χ3n) is 5.72. The predicted octanol–water partition coefficient (Wildman–Crippen LogP) is 3.93. The van der Waals surface area contributed by atoms with Crippen LogP contribution in [0.25, 0.3) is 5.69 Å². The van der Waals surface area contributed by atoms with Gasteiger partial charge in [-0.25, -0.2) is 4.79 Å². The summed E-state index contributed by atoms with van der Waals surface area (Å²) in [6.07, 6.45) is 6.33. The molecule has 0 aliphatic heterocycles. The van der Waals surface area contributed by atoms with Crippen molar-refractivity contribution in [2.45, 2.75) is 64.1 Å². The number of amides is 1. The molecule has 1 aliphatic carbocycles. The van der Waals surface area contributed by atoms with Gasteiger partial charge in [-0.1, -0.05) is 18.9 Å². The zero-order valence-corrected chi connectivity index (χ0v) is 21.4. The van der Waals surface area contributed by atoms with Gasteiger partial charge in [0.2, 0.25) is 11.8 Å². The molecule has 4 rings (SSSR count). The fourth-order valence-corrected chi connectivity index (χ4v) is 4.14. The molecule has 0 saturated heterocycles. The summed E-state index contributed by atoms with van der Waals surface area (Å²) in [4.78, 5) is 22.9. The second-order valence-electron chi connectivity index (χ2n) is 9.67. The van der Waals surface area contributed by atoms with Gasteiger partial charge in [0.05, 0.1) is 31.2 Å². The molecule has 3 aromatic rings. The largest absolute Gasteiger partial charge is 0.480 e. The molecule has 1 aromatic carbocycles. The summed E-state index contributed by atoms with van der Waals surface area (Å²) >= 11 is 0. The lowest BCUT2D eigenvalue weighted by atomic mass is 9.90. The number of carbonyl (C=O) groups excluding carboxylic acids is 1. The Balaban J connectivity index is 1.57. The molecule has 3 N–H and O–H groups in total. The molecule has 0 bridgehead atoms. The molecule has 12 nitrogen and oxygen atoms in total. The molecule has 2 atom stereocenters. The molecule has 1 saturated carbocycles. The number of methoxy groups -OCH3 is 1. The SMILES string of the molecule is COc1nc(N[C@@H]2CCCC[C@@H]2NC(=O)OC(C)(C)C)nc(Nc2cccc(-n3nccn3)c2)c1C#N. The number of anilines is 3. The van der Waals surface area contributed by atoms with Crippen LogP contribution in [0.4, 0.5) is 22.2 Å². The average Bonchev–Trinajstić information content (AvgIpc) is 3.39. The van der Waals surface area contributed by atoms with Gasteiger partial charge in [-0.15, -0.1) is 0 Å². The summed E-state index contributed by atoms with van der Waals surface area (Å²) in [6, 6.07) is 9.23. The molecule has 194 valence electrons. The van der Waals surface area contributed by atoms with E-state index in [1.54, 1.807) is 12.4 Å². The minimum absolute atomic E-state index is 0.124. The van der Waals surface area contributed by atoms with Gasteiger partial charge in [-0.2, -0.15) is 30.2 Å². The quantitative estimate of drug-likeness (QED) is 0.430. The Morgan fingerprint density at radius 3 is 2.54 bits per heavy atom. The first-order valence-electron chi connectivity index (χ1n) is 12.1. The van der Waals surface area contributed by atoms with Crippen LogP contribution < -0.4 is 20.7 Å². The number of nitrogens with one attached hydrogen (secondary N) is 3. The van der Waals surface area contributed by atoms with Crippen LogP contribution in [0, 0.1) is 11.3 Å². The summed E-state index contributed by atoms with van der Waals surface area (Å²) in [5.41, 5.74) is 1.01. The van der Waals surface area contributed by atoms with Crippen LogP contribution in [0.5, 0.6) is 5.88 Å². The number of rotatable bonds is 7. The number of hydrogen-bond donors (Lipinski definition) is 3. The van der Waals surface area contributed by atoms with Crippen LogP contribution in [0.3, 0.4) is 0 Å². The Morgan fingerprint density at radius 2 is 1.86 bits per heavy atom. The molecular weight excluding hydrogens is 474 g/mol. The van der Waals surface area contributed by atoms with E-state index in [0.717, 1.165) is 31.4 Å². The lowest BCUT2D eigenvalue weighted by molar-refractivity contribution is 0.0488. The molecule has 12 heteroatoms. The van der Waals surface area contributed by atoms with E-state index >= 15 is 0 Å². The monoisotopic (exact) mass is 505 g/mol. The molecular formula is C25H31N9O3. The van der Waals surface area contributed by atoms with Crippen molar-refractivity contribution in [2.75, 3.05) is 17.7 Å². The summed E-state index contributed by atoms with van der Waals surface area (Å²) in [6.45, 7) is 5.49. The Kier molecular flexibility index (Phi) is 7.71. The zero-order chi connectivity index (χ0) is 26.4. The van der Waals surface area contributed by atoms with Gasteiger partial charge >= 0.3 is 6.09 Å². The highest BCUT2D eigenvalue weighted by Gasteiger charge is 2.29. The zero-order valence-electron chi connectivity index (χ0n) is 21.4. The number of benzene rings is 1. The first-order valence-corrected chi connectivity index (χ1v) is 12.1. The maximum atomic E-state index is 12.4. The van der Waals surface area contributed by atoms with Gasteiger partial charge in [0.25, 0.3) is 0 Å². The number of hydrogen-bond acceptors (Lipinski definition) is 10. The van der Waals surface area contributed by atoms with Crippen LogP contribution >= 0.6 is 0 Å². The molecule has 1 aliphatic rings. The van der Waals surface area contributed by atoms with Gasteiger partial charge in [0.15, 0.2) is 11.4 Å². The Labute approximate surface area is 215 Å². The number of alkyl carbamates (subject to hydrolysis) is 1. The van der Waals surface area contributed by atoms with Gasteiger partial charge in [0, 0.05) is 11.7 Å². The maximum Gasteiger partial charge on any atom is 0.407 e. The normalized spacial score (nSPS) is 17.4. The number of ether oxygens (including phenoxy) is 2. The van der Waals surface area contributed by atoms with Gasteiger partial charge in [0.1, 0.15) is 11.7 Å². The lowest BCUT2D eigenvalue weighted by Crippen LogP contribution is -2.50. The topological polar surface area (TPSA) is 152 Å². The highest BCUT2D eigenvalue weighted by atomic mass is 16.6. The van der Waals surface area contributed by atoms with Gasteiger partial charge in [-0.3, -0.25) is 0 Å². The molecule has 0 spiro atoms. The fourth-order valence-electron chi connectivity index (χ4n) is 4.14. The molecule has 1 amide bonds. The van der Waals surface area contributed by atoms with Crippen molar-refractivity contribution < 1.29 is 14.3 Å². The molecule has 1 fully saturated rings. The molecule has 0 radical (unpaired) electrons. The van der Waals surface area contributed by atoms with Crippen molar-refractivity contribution in [3.63, 3.8) is 0 Å². The van der Waals surface area contributed by atoms with Crippen LogP contribution in [0.1, 0.15) is 52.0 Å². The van der Waals surface area contributed by atoms with E-state index in [9.17, 15) is 10.1 Å². The number of nitriles is 1. The highest BCUT2D eigenvalue weighted by Crippen LogP contribution is 2.29. The minimum atomic E-state index is -0.587. The van der Waals surface area contributed by atoms with Gasteiger partial charge < -0.3 is 25.4 Å². The fraction of sp³-hybridized carbons (Fsp3) is 0.440. The first kappa shape index (κ1) is 25.7. The third kappa shape index (κ3) is 6.63. The van der Waals surface area contributed by atoms with E-state index in [1.807, 2.05) is 45.0 Å². The third-order valence-corrected chi connectivity index (χ3v) is 5.72. The van der Waals surface area contributed by atoms with Crippen molar-refractivity contribution in [3.05, 3.63) is 42.2 Å². The van der Waals surface area contributed by atoms with Crippen LogP contribution in [0.2, 0.25) is 0 Å².